The molecule has 0 fully saturated rings. The molecule has 0 aliphatic heterocycles. The molecule has 156 valence electrons. The van der Waals surface area contributed by atoms with E-state index < -0.39 is 0 Å². The predicted molar refractivity (Wildman–Crippen MR) is 128 cm³/mol. The number of anilines is 2. The van der Waals surface area contributed by atoms with Gasteiger partial charge in [0.25, 0.3) is 0 Å². The molecule has 0 spiro atoms. The van der Waals surface area contributed by atoms with Crippen molar-refractivity contribution in [3.63, 3.8) is 0 Å². The van der Waals surface area contributed by atoms with Crippen LogP contribution in [0.4, 0.5) is 10.8 Å². The zero-order chi connectivity index (χ0) is 21.8. The van der Waals surface area contributed by atoms with Crippen molar-refractivity contribution in [2.45, 2.75) is 27.3 Å². The Hall–Kier alpha value is -3.51. The first-order valence-electron chi connectivity index (χ1n) is 10.1. The maximum Gasteiger partial charge on any atom is 0.223 e. The molecule has 2 aromatic heterocycles. The smallest absolute Gasteiger partial charge is 0.223 e. The summed E-state index contributed by atoms with van der Waals surface area (Å²) in [5.41, 5.74) is 7.10. The van der Waals surface area contributed by atoms with E-state index in [9.17, 15) is 4.79 Å². The minimum Gasteiger partial charge on any atom is -0.379 e. The molecule has 0 saturated carbocycles. The molecule has 5 nitrogen and oxygen atoms in total. The molecule has 0 atom stereocenters. The standard InChI is InChI=1S/C25H24N4OS/c1-16-12-17(2)14-20(13-16)22-24(31-25(29-22)28-18(3)30)23-21(10-7-11-26-23)27-15-19-8-5-4-6-9-19/h4-14,27H,15H2,1-3H3,(H,28,29,30). The summed E-state index contributed by atoms with van der Waals surface area (Å²) in [6.45, 7) is 6.33. The molecule has 0 aliphatic carbocycles. The number of thiazole rings is 1. The monoisotopic (exact) mass is 428 g/mol. The van der Waals surface area contributed by atoms with Crippen molar-refractivity contribution in [2.75, 3.05) is 10.6 Å². The summed E-state index contributed by atoms with van der Waals surface area (Å²) in [4.78, 5) is 22.0. The van der Waals surface area contributed by atoms with Gasteiger partial charge in [-0.25, -0.2) is 4.98 Å². The lowest BCUT2D eigenvalue weighted by atomic mass is 10.0. The molecule has 4 aromatic rings. The highest BCUT2D eigenvalue weighted by Crippen LogP contribution is 2.41. The Morgan fingerprint density at radius 1 is 0.968 bits per heavy atom. The topological polar surface area (TPSA) is 66.9 Å². The number of hydrogen-bond donors (Lipinski definition) is 2. The third-order valence-corrected chi connectivity index (χ3v) is 5.73. The van der Waals surface area contributed by atoms with Crippen LogP contribution >= 0.6 is 11.3 Å². The van der Waals surface area contributed by atoms with Crippen molar-refractivity contribution in [1.29, 1.82) is 0 Å². The van der Waals surface area contributed by atoms with Gasteiger partial charge in [-0.15, -0.1) is 0 Å². The average molecular weight is 429 g/mol. The SMILES string of the molecule is CC(=O)Nc1nc(-c2cc(C)cc(C)c2)c(-c2ncccc2NCc2ccccc2)s1. The first-order chi connectivity index (χ1) is 15.0. The van der Waals surface area contributed by atoms with Crippen molar-refractivity contribution in [3.8, 4) is 21.8 Å². The fraction of sp³-hybridized carbons (Fsp3) is 0.160. The number of rotatable bonds is 6. The highest BCUT2D eigenvalue weighted by Gasteiger charge is 2.19. The Bertz CT molecular complexity index is 1200. The van der Waals surface area contributed by atoms with Gasteiger partial charge in [-0.05, 0) is 43.7 Å². The number of amides is 1. The average Bonchev–Trinajstić information content (AvgIpc) is 3.15. The Balaban J connectivity index is 1.78. The van der Waals surface area contributed by atoms with E-state index in [0.29, 0.717) is 11.7 Å². The van der Waals surface area contributed by atoms with Gasteiger partial charge in [0.2, 0.25) is 5.91 Å². The summed E-state index contributed by atoms with van der Waals surface area (Å²) in [5.74, 6) is -0.143. The maximum absolute atomic E-state index is 11.7. The Labute approximate surface area is 186 Å². The van der Waals surface area contributed by atoms with Gasteiger partial charge in [0, 0.05) is 25.2 Å². The van der Waals surface area contributed by atoms with Crippen molar-refractivity contribution in [1.82, 2.24) is 9.97 Å². The molecule has 2 aromatic carbocycles. The van der Waals surface area contributed by atoms with Gasteiger partial charge in [-0.1, -0.05) is 58.9 Å². The molecule has 4 rings (SSSR count). The number of aryl methyl sites for hydroxylation is 2. The van der Waals surface area contributed by atoms with E-state index in [4.69, 9.17) is 4.98 Å². The van der Waals surface area contributed by atoms with E-state index >= 15 is 0 Å². The highest BCUT2D eigenvalue weighted by atomic mass is 32.1. The van der Waals surface area contributed by atoms with Gasteiger partial charge in [0.1, 0.15) is 5.69 Å². The van der Waals surface area contributed by atoms with Crippen LogP contribution in [-0.2, 0) is 11.3 Å². The number of pyridine rings is 1. The van der Waals surface area contributed by atoms with E-state index in [1.807, 2.05) is 30.3 Å². The molecule has 6 heteroatoms. The van der Waals surface area contributed by atoms with E-state index in [2.05, 4.69) is 59.8 Å². The number of benzene rings is 2. The summed E-state index contributed by atoms with van der Waals surface area (Å²) in [5, 5.41) is 6.91. The number of hydrogen-bond acceptors (Lipinski definition) is 5. The Kier molecular flexibility index (Phi) is 6.09. The van der Waals surface area contributed by atoms with Crippen molar-refractivity contribution in [3.05, 3.63) is 83.6 Å². The lowest BCUT2D eigenvalue weighted by Crippen LogP contribution is -2.04. The van der Waals surface area contributed by atoms with Crippen LogP contribution in [0.3, 0.4) is 0 Å². The number of nitrogens with zero attached hydrogens (tertiary/aromatic N) is 2. The fourth-order valence-electron chi connectivity index (χ4n) is 3.51. The van der Waals surface area contributed by atoms with Crippen molar-refractivity contribution in [2.24, 2.45) is 0 Å². The summed E-state index contributed by atoms with van der Waals surface area (Å²) < 4.78 is 0. The van der Waals surface area contributed by atoms with Crippen LogP contribution in [0.5, 0.6) is 0 Å². The van der Waals surface area contributed by atoms with E-state index in [1.165, 1.54) is 35.0 Å². The number of carbonyl (C=O) groups excluding carboxylic acids is 1. The lowest BCUT2D eigenvalue weighted by molar-refractivity contribution is -0.114. The van der Waals surface area contributed by atoms with Crippen molar-refractivity contribution < 1.29 is 4.79 Å². The molecular weight excluding hydrogens is 404 g/mol. The first kappa shape index (κ1) is 20.8. The van der Waals surface area contributed by atoms with Gasteiger partial charge < -0.3 is 10.6 Å². The van der Waals surface area contributed by atoms with Gasteiger partial charge >= 0.3 is 0 Å². The van der Waals surface area contributed by atoms with Crippen molar-refractivity contribution >= 4 is 28.1 Å². The normalized spacial score (nSPS) is 10.7. The van der Waals surface area contributed by atoms with E-state index in [-0.39, 0.29) is 5.91 Å². The van der Waals surface area contributed by atoms with Crippen LogP contribution in [0, 0.1) is 13.8 Å². The van der Waals surface area contributed by atoms with Crippen LogP contribution in [0.25, 0.3) is 21.8 Å². The molecule has 2 heterocycles. The molecule has 0 aliphatic rings. The molecule has 2 N–H and O–H groups in total. The summed E-state index contributed by atoms with van der Waals surface area (Å²) in [6, 6.07) is 20.6. The van der Waals surface area contributed by atoms with Gasteiger partial charge in [-0.3, -0.25) is 9.78 Å². The first-order valence-corrected chi connectivity index (χ1v) is 10.9. The lowest BCUT2D eigenvalue weighted by Gasteiger charge is -2.12. The van der Waals surface area contributed by atoms with Crippen LogP contribution in [0.2, 0.25) is 0 Å². The number of aromatic nitrogens is 2. The number of carbonyl (C=O) groups is 1. The molecule has 0 bridgehead atoms. The molecular formula is C25H24N4OS. The fourth-order valence-corrected chi connectivity index (χ4v) is 4.56. The van der Waals surface area contributed by atoms with Gasteiger partial charge in [0.15, 0.2) is 5.13 Å². The summed E-state index contributed by atoms with van der Waals surface area (Å²) in [6.07, 6.45) is 1.78. The van der Waals surface area contributed by atoms with Crippen LogP contribution in [0.15, 0.2) is 66.9 Å². The third kappa shape index (κ3) is 4.98. The quantitative estimate of drug-likeness (QED) is 0.392. The second kappa shape index (κ2) is 9.10. The zero-order valence-electron chi connectivity index (χ0n) is 17.8. The number of nitrogens with one attached hydrogen (secondary N) is 2. The second-order valence-electron chi connectivity index (χ2n) is 7.49. The van der Waals surface area contributed by atoms with Gasteiger partial charge in [-0.2, -0.15) is 0 Å². The molecule has 0 unspecified atom stereocenters. The molecule has 0 radical (unpaired) electrons. The summed E-state index contributed by atoms with van der Waals surface area (Å²) in [7, 11) is 0. The second-order valence-corrected chi connectivity index (χ2v) is 8.49. The zero-order valence-corrected chi connectivity index (χ0v) is 18.6. The summed E-state index contributed by atoms with van der Waals surface area (Å²) >= 11 is 1.44. The molecule has 31 heavy (non-hydrogen) atoms. The van der Waals surface area contributed by atoms with Crippen LogP contribution < -0.4 is 10.6 Å². The minimum absolute atomic E-state index is 0.143. The van der Waals surface area contributed by atoms with E-state index in [1.54, 1.807) is 6.20 Å². The van der Waals surface area contributed by atoms with Crippen LogP contribution in [-0.4, -0.2) is 15.9 Å². The maximum atomic E-state index is 11.7. The van der Waals surface area contributed by atoms with Crippen LogP contribution in [0.1, 0.15) is 23.6 Å². The Morgan fingerprint density at radius 2 is 1.71 bits per heavy atom. The highest BCUT2D eigenvalue weighted by molar-refractivity contribution is 7.19. The molecule has 0 saturated heterocycles. The largest absolute Gasteiger partial charge is 0.379 e. The predicted octanol–water partition coefficient (Wildman–Crippen LogP) is 6.06. The molecule has 1 amide bonds. The van der Waals surface area contributed by atoms with E-state index in [0.717, 1.165) is 27.5 Å². The minimum atomic E-state index is -0.143. The third-order valence-electron chi connectivity index (χ3n) is 4.75. The van der Waals surface area contributed by atoms with Gasteiger partial charge in [0.05, 0.1) is 16.3 Å². The Morgan fingerprint density at radius 3 is 2.42 bits per heavy atom.